The lowest BCUT2D eigenvalue weighted by Gasteiger charge is -2.47. The number of β-lactam (4-membered cyclic amide) rings is 1. The topological polar surface area (TPSA) is 139 Å². The van der Waals surface area contributed by atoms with E-state index in [9.17, 15) is 24.3 Å². The minimum Gasteiger partial charge on any atom is -0.477 e. The first-order chi connectivity index (χ1) is 10.4. The zero-order valence-corrected chi connectivity index (χ0v) is 12.6. The number of fused-ring (bicyclic) bond motifs is 1. The Balaban J connectivity index is 2.07. The van der Waals surface area contributed by atoms with Gasteiger partial charge in [0.05, 0.1) is 0 Å². The van der Waals surface area contributed by atoms with Crippen molar-refractivity contribution in [1.29, 1.82) is 0 Å². The van der Waals surface area contributed by atoms with Gasteiger partial charge in [0, 0.05) is 11.3 Å². The minimum absolute atomic E-state index is 0.230. The third-order valence-electron chi connectivity index (χ3n) is 3.03. The number of nitrogens with two attached hydrogens (primary N) is 1. The number of imide groups is 1. The molecule has 120 valence electrons. The molecule has 2 rings (SSSR count). The highest BCUT2D eigenvalue weighted by Crippen LogP contribution is 2.39. The van der Waals surface area contributed by atoms with Crippen molar-refractivity contribution in [2.75, 3.05) is 18.2 Å². The van der Waals surface area contributed by atoms with E-state index in [1.807, 2.05) is 5.32 Å². The standard InChI is InChI=1S/C11H12ClN3O6S/c12-1-5(16)14-11(20)21-2-4-3-22-9-6(13)8(17)15(9)7(4)10(18)19/h6,9H,1-3,13H2,(H,18,19)(H,14,16,20). The van der Waals surface area contributed by atoms with Gasteiger partial charge in [-0.05, 0) is 0 Å². The van der Waals surface area contributed by atoms with Crippen LogP contribution >= 0.6 is 23.4 Å². The molecular formula is C11H12ClN3O6S. The molecular weight excluding hydrogens is 338 g/mol. The van der Waals surface area contributed by atoms with E-state index in [0.29, 0.717) is 0 Å². The number of carbonyl (C=O) groups excluding carboxylic acids is 3. The number of carbonyl (C=O) groups is 4. The van der Waals surface area contributed by atoms with E-state index in [1.165, 1.54) is 11.8 Å². The van der Waals surface area contributed by atoms with Crippen LogP contribution in [0.4, 0.5) is 4.79 Å². The maximum atomic E-state index is 11.7. The second-order valence-corrected chi connectivity index (χ2v) is 5.82. The molecule has 22 heavy (non-hydrogen) atoms. The van der Waals surface area contributed by atoms with Gasteiger partial charge in [0.25, 0.3) is 0 Å². The molecule has 0 aromatic heterocycles. The first-order valence-corrected chi connectivity index (χ1v) is 7.63. The average molecular weight is 350 g/mol. The van der Waals surface area contributed by atoms with E-state index in [1.54, 1.807) is 0 Å². The highest BCUT2D eigenvalue weighted by molar-refractivity contribution is 8.00. The number of hydrogen-bond acceptors (Lipinski definition) is 7. The number of halogens is 1. The summed E-state index contributed by atoms with van der Waals surface area (Å²) < 4.78 is 4.77. The van der Waals surface area contributed by atoms with Crippen molar-refractivity contribution < 1.29 is 29.0 Å². The number of alkyl halides is 1. The van der Waals surface area contributed by atoms with Crippen LogP contribution in [0.5, 0.6) is 0 Å². The zero-order valence-electron chi connectivity index (χ0n) is 11.1. The number of thioether (sulfide) groups is 1. The highest BCUT2D eigenvalue weighted by Gasteiger charge is 2.51. The monoisotopic (exact) mass is 349 g/mol. The summed E-state index contributed by atoms with van der Waals surface area (Å²) in [6.45, 7) is -0.359. The smallest absolute Gasteiger partial charge is 0.414 e. The number of nitrogens with one attached hydrogen (secondary N) is 1. The number of rotatable bonds is 4. The summed E-state index contributed by atoms with van der Waals surface area (Å²) in [5, 5.41) is 10.7. The number of aliphatic carboxylic acids is 1. The van der Waals surface area contributed by atoms with Crippen LogP contribution in [-0.4, -0.2) is 63.5 Å². The van der Waals surface area contributed by atoms with E-state index in [-0.39, 0.29) is 23.6 Å². The third kappa shape index (κ3) is 3.03. The van der Waals surface area contributed by atoms with Crippen molar-refractivity contribution in [2.24, 2.45) is 5.73 Å². The lowest BCUT2D eigenvalue weighted by Crippen LogP contribution is -2.68. The summed E-state index contributed by atoms with van der Waals surface area (Å²) in [6, 6.07) is -0.730. The van der Waals surface area contributed by atoms with Gasteiger partial charge in [0.1, 0.15) is 29.6 Å². The zero-order chi connectivity index (χ0) is 16.4. The van der Waals surface area contributed by atoms with Crippen molar-refractivity contribution in [3.63, 3.8) is 0 Å². The molecule has 9 nitrogen and oxygen atoms in total. The molecule has 2 heterocycles. The van der Waals surface area contributed by atoms with Crippen molar-refractivity contribution in [2.45, 2.75) is 11.4 Å². The highest BCUT2D eigenvalue weighted by atomic mass is 35.5. The lowest BCUT2D eigenvalue weighted by atomic mass is 10.0. The van der Waals surface area contributed by atoms with E-state index in [4.69, 9.17) is 22.1 Å². The molecule has 0 radical (unpaired) electrons. The van der Waals surface area contributed by atoms with Gasteiger partial charge in [-0.1, -0.05) is 0 Å². The SMILES string of the molecule is NC1C(=O)N2C(C(=O)O)=C(COC(=O)NC(=O)CCl)CSC12. The number of nitrogens with zero attached hydrogens (tertiary/aromatic N) is 1. The van der Waals surface area contributed by atoms with Gasteiger partial charge in [-0.25, -0.2) is 9.59 Å². The molecule has 0 aliphatic carbocycles. The van der Waals surface area contributed by atoms with Gasteiger partial charge in [-0.15, -0.1) is 23.4 Å². The Labute approximate surface area is 133 Å². The molecule has 0 aromatic carbocycles. The van der Waals surface area contributed by atoms with Gasteiger partial charge in [-0.2, -0.15) is 0 Å². The summed E-state index contributed by atoms with van der Waals surface area (Å²) in [4.78, 5) is 46.3. The minimum atomic E-state index is -1.30. The van der Waals surface area contributed by atoms with Gasteiger partial charge in [-0.3, -0.25) is 19.8 Å². The Kier molecular flexibility index (Phi) is 4.94. The molecule has 2 unspecified atom stereocenters. The fraction of sp³-hybridized carbons (Fsp3) is 0.455. The Hall–Kier alpha value is -1.78. The quantitative estimate of drug-likeness (QED) is 0.436. The normalized spacial score (nSPS) is 23.5. The fourth-order valence-corrected chi connectivity index (χ4v) is 3.37. The first kappa shape index (κ1) is 16.6. The predicted octanol–water partition coefficient (Wildman–Crippen LogP) is -0.941. The van der Waals surface area contributed by atoms with Gasteiger partial charge < -0.3 is 15.6 Å². The maximum absolute atomic E-state index is 11.7. The van der Waals surface area contributed by atoms with Crippen LogP contribution < -0.4 is 11.1 Å². The van der Waals surface area contributed by atoms with Gasteiger partial charge in [0.15, 0.2) is 0 Å². The third-order valence-corrected chi connectivity index (χ3v) is 4.63. The Morgan fingerprint density at radius 1 is 1.50 bits per heavy atom. The van der Waals surface area contributed by atoms with Crippen molar-refractivity contribution in [3.8, 4) is 0 Å². The van der Waals surface area contributed by atoms with Crippen molar-refractivity contribution in [1.82, 2.24) is 10.2 Å². The lowest BCUT2D eigenvalue weighted by molar-refractivity contribution is -0.148. The van der Waals surface area contributed by atoms with Gasteiger partial charge in [0.2, 0.25) is 11.8 Å². The van der Waals surface area contributed by atoms with Crippen molar-refractivity contribution >= 4 is 47.2 Å². The Morgan fingerprint density at radius 3 is 2.77 bits per heavy atom. The van der Waals surface area contributed by atoms with E-state index >= 15 is 0 Å². The number of alkyl carbamates (subject to hydrolysis) is 1. The summed E-state index contributed by atoms with van der Waals surface area (Å²) >= 11 is 6.50. The largest absolute Gasteiger partial charge is 0.477 e. The second-order valence-electron chi connectivity index (χ2n) is 4.45. The summed E-state index contributed by atoms with van der Waals surface area (Å²) in [7, 11) is 0. The Morgan fingerprint density at radius 2 is 2.18 bits per heavy atom. The molecule has 0 aromatic rings. The van der Waals surface area contributed by atoms with Crippen LogP contribution in [0.15, 0.2) is 11.3 Å². The van der Waals surface area contributed by atoms with Crippen LogP contribution in [-0.2, 0) is 19.1 Å². The first-order valence-electron chi connectivity index (χ1n) is 6.05. The molecule has 2 aliphatic rings. The molecule has 1 saturated heterocycles. The molecule has 0 saturated carbocycles. The summed E-state index contributed by atoms with van der Waals surface area (Å²) in [5.41, 5.74) is 5.63. The van der Waals surface area contributed by atoms with Gasteiger partial charge >= 0.3 is 12.1 Å². The molecule has 0 bridgehead atoms. The van der Waals surface area contributed by atoms with E-state index in [0.717, 1.165) is 4.90 Å². The number of carboxylic acids is 1. The predicted molar refractivity (Wildman–Crippen MR) is 75.9 cm³/mol. The number of hydrogen-bond donors (Lipinski definition) is 3. The second kappa shape index (κ2) is 6.55. The molecule has 0 spiro atoms. The van der Waals surface area contributed by atoms with E-state index < -0.39 is 41.2 Å². The van der Waals surface area contributed by atoms with E-state index in [2.05, 4.69) is 0 Å². The van der Waals surface area contributed by atoms with Crippen LogP contribution in [0, 0.1) is 0 Å². The maximum Gasteiger partial charge on any atom is 0.414 e. The van der Waals surface area contributed by atoms with Crippen LogP contribution in [0.25, 0.3) is 0 Å². The number of amides is 3. The number of ether oxygens (including phenoxy) is 1. The van der Waals surface area contributed by atoms with Crippen LogP contribution in [0.1, 0.15) is 0 Å². The molecule has 11 heteroatoms. The molecule has 2 aliphatic heterocycles. The average Bonchev–Trinajstić information content (AvgIpc) is 2.50. The number of carboxylic acid groups (broad SMARTS) is 1. The molecule has 2 atom stereocenters. The molecule has 1 fully saturated rings. The van der Waals surface area contributed by atoms with Crippen molar-refractivity contribution in [3.05, 3.63) is 11.3 Å². The Bertz CT molecular complexity index is 580. The van der Waals surface area contributed by atoms with Crippen LogP contribution in [0.2, 0.25) is 0 Å². The summed E-state index contributed by atoms with van der Waals surface area (Å²) in [6.07, 6.45) is -1.04. The molecule has 4 N–H and O–H groups in total. The fourth-order valence-electron chi connectivity index (χ4n) is 2.03. The molecule has 3 amide bonds. The summed E-state index contributed by atoms with van der Waals surface area (Å²) in [5.74, 6) is -2.69. The van der Waals surface area contributed by atoms with Crippen LogP contribution in [0.3, 0.4) is 0 Å².